The van der Waals surface area contributed by atoms with Gasteiger partial charge >= 0.3 is 5.97 Å². The summed E-state index contributed by atoms with van der Waals surface area (Å²) in [4.78, 5) is 40.8. The summed E-state index contributed by atoms with van der Waals surface area (Å²) in [6.07, 6.45) is 5.63. The highest BCUT2D eigenvalue weighted by molar-refractivity contribution is 5.87. The maximum Gasteiger partial charge on any atom is 0.329 e. The minimum absolute atomic E-state index is 0.244. The molecular formula is C18H21N3O4. The van der Waals surface area contributed by atoms with E-state index in [0.717, 1.165) is 25.7 Å². The molecule has 0 unspecified atom stereocenters. The summed E-state index contributed by atoms with van der Waals surface area (Å²) in [6, 6.07) is 6.91. The normalized spacial score (nSPS) is 17.0. The summed E-state index contributed by atoms with van der Waals surface area (Å²) in [6.45, 7) is -0.244. The van der Waals surface area contributed by atoms with Gasteiger partial charge in [-0.3, -0.25) is 14.2 Å². The van der Waals surface area contributed by atoms with E-state index < -0.39 is 17.4 Å². The third-order valence-electron chi connectivity index (χ3n) is 4.79. The van der Waals surface area contributed by atoms with E-state index in [4.69, 9.17) is 0 Å². The largest absolute Gasteiger partial charge is 0.480 e. The number of carbonyl (C=O) groups excluding carboxylic acids is 1. The number of carboxylic acid groups (broad SMARTS) is 1. The van der Waals surface area contributed by atoms with E-state index >= 15 is 0 Å². The van der Waals surface area contributed by atoms with Gasteiger partial charge in [0.1, 0.15) is 12.1 Å². The lowest BCUT2D eigenvalue weighted by molar-refractivity contribution is -0.148. The number of hydrogen-bond donors (Lipinski definition) is 2. The molecule has 1 heterocycles. The van der Waals surface area contributed by atoms with Crippen LogP contribution in [0.5, 0.6) is 0 Å². The number of para-hydroxylation sites is 1. The fraction of sp³-hybridized carbons (Fsp3) is 0.444. The third-order valence-corrected chi connectivity index (χ3v) is 4.79. The Hall–Kier alpha value is -2.70. The molecule has 0 bridgehead atoms. The minimum atomic E-state index is -1.23. The molecule has 1 aliphatic rings. The molecule has 0 atom stereocenters. The van der Waals surface area contributed by atoms with Gasteiger partial charge < -0.3 is 10.4 Å². The minimum Gasteiger partial charge on any atom is -0.480 e. The van der Waals surface area contributed by atoms with Crippen molar-refractivity contribution < 1.29 is 14.7 Å². The zero-order valence-corrected chi connectivity index (χ0v) is 13.9. The third kappa shape index (κ3) is 3.55. The summed E-state index contributed by atoms with van der Waals surface area (Å²) in [5.74, 6) is -1.49. The van der Waals surface area contributed by atoms with Gasteiger partial charge in [-0.2, -0.15) is 0 Å². The molecule has 0 radical (unpaired) electrons. The number of aliphatic carboxylic acids is 1. The number of carboxylic acids is 1. The number of benzene rings is 1. The highest BCUT2D eigenvalue weighted by atomic mass is 16.4. The second kappa shape index (κ2) is 7.04. The summed E-state index contributed by atoms with van der Waals surface area (Å²) >= 11 is 0. The van der Waals surface area contributed by atoms with Crippen LogP contribution in [0.1, 0.15) is 38.5 Å². The lowest BCUT2D eigenvalue weighted by Gasteiger charge is -2.29. The Morgan fingerprint density at radius 1 is 1.16 bits per heavy atom. The average molecular weight is 343 g/mol. The van der Waals surface area contributed by atoms with Gasteiger partial charge in [0, 0.05) is 0 Å². The van der Waals surface area contributed by atoms with Crippen LogP contribution in [-0.4, -0.2) is 32.1 Å². The highest BCUT2D eigenvalue weighted by Gasteiger charge is 2.40. The molecular weight excluding hydrogens is 322 g/mol. The Bertz CT molecular complexity index is 851. The Labute approximate surface area is 144 Å². The number of nitrogens with zero attached hydrogens (tertiary/aromatic N) is 2. The molecule has 1 amide bonds. The van der Waals surface area contributed by atoms with Crippen LogP contribution >= 0.6 is 0 Å². The molecule has 1 aromatic carbocycles. The monoisotopic (exact) mass is 343 g/mol. The SMILES string of the molecule is O=C(Cn1cnc2ccccc2c1=O)NC1(C(=O)O)CCCCCC1. The van der Waals surface area contributed by atoms with Crippen molar-refractivity contribution in [2.24, 2.45) is 0 Å². The van der Waals surface area contributed by atoms with E-state index in [0.29, 0.717) is 23.7 Å². The zero-order valence-electron chi connectivity index (χ0n) is 13.9. The van der Waals surface area contributed by atoms with E-state index in [1.54, 1.807) is 24.3 Å². The van der Waals surface area contributed by atoms with Crippen molar-refractivity contribution >= 4 is 22.8 Å². The van der Waals surface area contributed by atoms with Crippen molar-refractivity contribution in [3.63, 3.8) is 0 Å². The molecule has 7 heteroatoms. The van der Waals surface area contributed by atoms with Crippen molar-refractivity contribution in [1.82, 2.24) is 14.9 Å². The lowest BCUT2D eigenvalue weighted by atomic mass is 9.90. The van der Waals surface area contributed by atoms with Crippen LogP contribution in [-0.2, 0) is 16.1 Å². The first-order valence-electron chi connectivity index (χ1n) is 8.50. The van der Waals surface area contributed by atoms with Crippen LogP contribution in [0.3, 0.4) is 0 Å². The van der Waals surface area contributed by atoms with Crippen molar-refractivity contribution in [2.45, 2.75) is 50.6 Å². The van der Waals surface area contributed by atoms with Gasteiger partial charge in [0.2, 0.25) is 5.91 Å². The van der Waals surface area contributed by atoms with Gasteiger partial charge in [-0.15, -0.1) is 0 Å². The molecule has 1 fully saturated rings. The molecule has 1 saturated carbocycles. The van der Waals surface area contributed by atoms with Crippen LogP contribution in [0.15, 0.2) is 35.4 Å². The number of carbonyl (C=O) groups is 2. The summed E-state index contributed by atoms with van der Waals surface area (Å²) in [7, 11) is 0. The molecule has 7 nitrogen and oxygen atoms in total. The van der Waals surface area contributed by atoms with Gasteiger partial charge in [0.25, 0.3) is 5.56 Å². The van der Waals surface area contributed by atoms with E-state index in [1.807, 2.05) is 0 Å². The van der Waals surface area contributed by atoms with E-state index in [2.05, 4.69) is 10.3 Å². The van der Waals surface area contributed by atoms with Crippen LogP contribution in [0.2, 0.25) is 0 Å². The van der Waals surface area contributed by atoms with Gasteiger partial charge in [0.15, 0.2) is 0 Å². The van der Waals surface area contributed by atoms with Crippen LogP contribution < -0.4 is 10.9 Å². The number of rotatable bonds is 4. The maximum absolute atomic E-state index is 12.5. The fourth-order valence-corrected chi connectivity index (χ4v) is 3.40. The second-order valence-corrected chi connectivity index (χ2v) is 6.54. The molecule has 1 aliphatic carbocycles. The van der Waals surface area contributed by atoms with E-state index in [1.165, 1.54) is 10.9 Å². The second-order valence-electron chi connectivity index (χ2n) is 6.54. The standard InChI is InChI=1S/C18H21N3O4/c22-15(20-18(17(24)25)9-5-1-2-6-10-18)11-21-12-19-14-8-4-3-7-13(14)16(21)23/h3-4,7-8,12H,1-2,5-6,9-11H2,(H,20,22)(H,24,25). The number of amides is 1. The van der Waals surface area contributed by atoms with Crippen molar-refractivity contribution in [3.05, 3.63) is 40.9 Å². The lowest BCUT2D eigenvalue weighted by Crippen LogP contribution is -2.55. The van der Waals surface area contributed by atoms with Crippen molar-refractivity contribution in [3.8, 4) is 0 Å². The Morgan fingerprint density at radius 3 is 2.52 bits per heavy atom. The predicted molar refractivity (Wildman–Crippen MR) is 92.2 cm³/mol. The fourth-order valence-electron chi connectivity index (χ4n) is 3.40. The van der Waals surface area contributed by atoms with E-state index in [-0.39, 0.29) is 12.1 Å². The molecule has 1 aromatic heterocycles. The summed E-state index contributed by atoms with van der Waals surface area (Å²) in [5, 5.41) is 12.7. The summed E-state index contributed by atoms with van der Waals surface area (Å²) < 4.78 is 1.21. The Morgan fingerprint density at radius 2 is 1.84 bits per heavy atom. The smallest absolute Gasteiger partial charge is 0.329 e. The maximum atomic E-state index is 12.5. The molecule has 0 aliphatic heterocycles. The van der Waals surface area contributed by atoms with Crippen LogP contribution in [0.4, 0.5) is 0 Å². The number of nitrogens with one attached hydrogen (secondary N) is 1. The van der Waals surface area contributed by atoms with Crippen molar-refractivity contribution in [2.75, 3.05) is 0 Å². The van der Waals surface area contributed by atoms with Gasteiger partial charge in [-0.05, 0) is 25.0 Å². The molecule has 132 valence electrons. The molecule has 3 rings (SSSR count). The Balaban J connectivity index is 1.81. The van der Waals surface area contributed by atoms with Gasteiger partial charge in [-0.1, -0.05) is 37.8 Å². The quantitative estimate of drug-likeness (QED) is 0.823. The molecule has 2 N–H and O–H groups in total. The number of fused-ring (bicyclic) bond motifs is 1. The average Bonchev–Trinajstić information content (AvgIpc) is 2.84. The first kappa shape index (κ1) is 17.1. The van der Waals surface area contributed by atoms with Crippen molar-refractivity contribution in [1.29, 1.82) is 0 Å². The topological polar surface area (TPSA) is 101 Å². The number of aromatic nitrogens is 2. The van der Waals surface area contributed by atoms with E-state index in [9.17, 15) is 19.5 Å². The Kier molecular flexibility index (Phi) is 4.83. The summed E-state index contributed by atoms with van der Waals surface area (Å²) in [5.41, 5.74) is -0.984. The molecule has 2 aromatic rings. The van der Waals surface area contributed by atoms with Crippen LogP contribution in [0, 0.1) is 0 Å². The van der Waals surface area contributed by atoms with Crippen LogP contribution in [0.25, 0.3) is 10.9 Å². The first-order valence-corrected chi connectivity index (χ1v) is 8.50. The highest BCUT2D eigenvalue weighted by Crippen LogP contribution is 2.27. The zero-order chi connectivity index (χ0) is 17.9. The number of hydrogen-bond acceptors (Lipinski definition) is 4. The molecule has 25 heavy (non-hydrogen) atoms. The molecule has 0 saturated heterocycles. The first-order chi connectivity index (χ1) is 12.0. The predicted octanol–water partition coefficient (Wildman–Crippen LogP) is 1.69. The van der Waals surface area contributed by atoms with Gasteiger partial charge in [-0.25, -0.2) is 9.78 Å². The molecule has 0 spiro atoms. The van der Waals surface area contributed by atoms with Gasteiger partial charge in [0.05, 0.1) is 17.2 Å².